The van der Waals surface area contributed by atoms with Crippen molar-refractivity contribution >= 4 is 17.8 Å². The lowest BCUT2D eigenvalue weighted by Gasteiger charge is -2.34. The number of carbonyl (C=O) groups excluding carboxylic acids is 3. The topological polar surface area (TPSA) is 88.2 Å². The summed E-state index contributed by atoms with van der Waals surface area (Å²) in [6.07, 6.45) is 0.956. The van der Waals surface area contributed by atoms with Crippen LogP contribution in [0.15, 0.2) is 35.5 Å². The maximum atomic E-state index is 13.0. The van der Waals surface area contributed by atoms with Crippen LogP contribution < -0.4 is 5.32 Å². The number of hydrogen-bond donors (Lipinski definition) is 1. The lowest BCUT2D eigenvalue weighted by molar-refractivity contribution is -0.141. The van der Waals surface area contributed by atoms with E-state index >= 15 is 0 Å². The second-order valence-electron chi connectivity index (χ2n) is 8.53. The van der Waals surface area contributed by atoms with Crippen LogP contribution in [0.3, 0.4) is 0 Å². The van der Waals surface area contributed by atoms with E-state index in [1.165, 1.54) is 4.90 Å². The summed E-state index contributed by atoms with van der Waals surface area (Å²) in [5, 5.41) is 2.90. The molecule has 0 saturated carbocycles. The van der Waals surface area contributed by atoms with Crippen LogP contribution >= 0.6 is 0 Å². The predicted octanol–water partition coefficient (Wildman–Crippen LogP) is 1.99. The number of amides is 2. The number of allylic oxidation sites excluding steroid dienone is 1. The molecule has 0 radical (unpaired) electrons. The third-order valence-electron chi connectivity index (χ3n) is 6.14. The van der Waals surface area contributed by atoms with E-state index in [4.69, 9.17) is 9.47 Å². The standard InChI is InChI=1S/C25H35N3O5/c1-4-33-25(31)24-19(3)28(23(30)16-21(24)20-8-5-7-18(2)15-20)17-22(29)26-9-6-10-27-11-13-32-14-12-27/h5,7-8,15,21H,4,6,9-14,16-17H2,1-3H3,(H,26,29). The first kappa shape index (κ1) is 24.9. The number of morpholine rings is 1. The Hall–Kier alpha value is -2.71. The number of nitrogens with zero attached hydrogens (tertiary/aromatic N) is 2. The molecule has 8 heteroatoms. The van der Waals surface area contributed by atoms with Gasteiger partial charge in [-0.2, -0.15) is 0 Å². The number of ether oxygens (including phenoxy) is 2. The SMILES string of the molecule is CCOC(=O)C1=C(C)N(CC(=O)NCCCN2CCOCC2)C(=O)CC1c1cccc(C)c1. The largest absolute Gasteiger partial charge is 0.463 e. The molecule has 3 rings (SSSR count). The summed E-state index contributed by atoms with van der Waals surface area (Å²) in [4.78, 5) is 42.2. The van der Waals surface area contributed by atoms with Crippen molar-refractivity contribution in [2.75, 3.05) is 52.5 Å². The third-order valence-corrected chi connectivity index (χ3v) is 6.14. The average molecular weight is 458 g/mol. The number of rotatable bonds is 9. The molecule has 0 spiro atoms. The molecule has 2 heterocycles. The second-order valence-corrected chi connectivity index (χ2v) is 8.53. The van der Waals surface area contributed by atoms with Crippen LogP contribution in [0, 0.1) is 6.92 Å². The molecule has 1 atom stereocenters. The molecule has 1 N–H and O–H groups in total. The monoisotopic (exact) mass is 457 g/mol. The summed E-state index contributed by atoms with van der Waals surface area (Å²) in [6, 6.07) is 7.81. The number of nitrogens with one attached hydrogen (secondary N) is 1. The fraction of sp³-hybridized carbons (Fsp3) is 0.560. The van der Waals surface area contributed by atoms with Gasteiger partial charge < -0.3 is 19.7 Å². The number of benzene rings is 1. The number of esters is 1. The van der Waals surface area contributed by atoms with Gasteiger partial charge in [-0.25, -0.2) is 4.79 Å². The van der Waals surface area contributed by atoms with Crippen molar-refractivity contribution in [1.29, 1.82) is 0 Å². The molecule has 2 aliphatic heterocycles. The summed E-state index contributed by atoms with van der Waals surface area (Å²) in [5.74, 6) is -1.23. The summed E-state index contributed by atoms with van der Waals surface area (Å²) < 4.78 is 10.7. The molecule has 1 aromatic carbocycles. The van der Waals surface area contributed by atoms with Gasteiger partial charge in [0.1, 0.15) is 6.54 Å². The molecule has 0 bridgehead atoms. The molecule has 33 heavy (non-hydrogen) atoms. The van der Waals surface area contributed by atoms with Gasteiger partial charge in [-0.15, -0.1) is 0 Å². The van der Waals surface area contributed by atoms with Gasteiger partial charge in [0.15, 0.2) is 0 Å². The highest BCUT2D eigenvalue weighted by Crippen LogP contribution is 2.37. The van der Waals surface area contributed by atoms with Crippen molar-refractivity contribution in [3.63, 3.8) is 0 Å². The number of carbonyl (C=O) groups is 3. The Morgan fingerprint density at radius 2 is 1.97 bits per heavy atom. The van der Waals surface area contributed by atoms with E-state index in [2.05, 4.69) is 10.2 Å². The first-order chi connectivity index (χ1) is 15.9. The highest BCUT2D eigenvalue weighted by molar-refractivity contribution is 5.97. The van der Waals surface area contributed by atoms with Crippen molar-refractivity contribution in [2.45, 2.75) is 39.5 Å². The van der Waals surface area contributed by atoms with Crippen molar-refractivity contribution < 1.29 is 23.9 Å². The Balaban J connectivity index is 1.67. The van der Waals surface area contributed by atoms with Crippen LogP contribution in [0.5, 0.6) is 0 Å². The van der Waals surface area contributed by atoms with Gasteiger partial charge in [0.2, 0.25) is 11.8 Å². The van der Waals surface area contributed by atoms with Crippen molar-refractivity contribution in [1.82, 2.24) is 15.1 Å². The minimum atomic E-state index is -0.440. The van der Waals surface area contributed by atoms with Crippen molar-refractivity contribution in [3.8, 4) is 0 Å². The highest BCUT2D eigenvalue weighted by Gasteiger charge is 2.37. The van der Waals surface area contributed by atoms with Gasteiger partial charge in [0, 0.05) is 37.7 Å². The Labute approximate surface area is 195 Å². The van der Waals surface area contributed by atoms with Gasteiger partial charge >= 0.3 is 5.97 Å². The van der Waals surface area contributed by atoms with E-state index in [9.17, 15) is 14.4 Å². The normalized spacial score (nSPS) is 19.5. The zero-order valence-electron chi connectivity index (χ0n) is 19.9. The van der Waals surface area contributed by atoms with Crippen LogP contribution in [0.2, 0.25) is 0 Å². The third kappa shape index (κ3) is 6.65. The van der Waals surface area contributed by atoms with E-state index in [0.717, 1.165) is 50.4 Å². The van der Waals surface area contributed by atoms with Gasteiger partial charge in [-0.05, 0) is 39.3 Å². The van der Waals surface area contributed by atoms with Gasteiger partial charge in [0.05, 0.1) is 25.4 Å². The van der Waals surface area contributed by atoms with E-state index in [-0.39, 0.29) is 37.3 Å². The van der Waals surface area contributed by atoms with Crippen LogP contribution in [0.1, 0.15) is 43.7 Å². The smallest absolute Gasteiger partial charge is 0.336 e. The van der Waals surface area contributed by atoms with Gasteiger partial charge in [-0.1, -0.05) is 29.8 Å². The fourth-order valence-electron chi connectivity index (χ4n) is 4.40. The molecule has 0 aromatic heterocycles. The highest BCUT2D eigenvalue weighted by atomic mass is 16.5. The molecule has 1 unspecified atom stereocenters. The summed E-state index contributed by atoms with van der Waals surface area (Å²) in [5.41, 5.74) is 2.89. The zero-order chi connectivity index (χ0) is 23.8. The molecule has 1 saturated heterocycles. The van der Waals surface area contributed by atoms with Crippen molar-refractivity contribution in [3.05, 3.63) is 46.7 Å². The van der Waals surface area contributed by atoms with Crippen LogP contribution in [-0.4, -0.2) is 80.1 Å². The van der Waals surface area contributed by atoms with E-state index in [0.29, 0.717) is 17.8 Å². The molecule has 180 valence electrons. The van der Waals surface area contributed by atoms with Crippen LogP contribution in [0.4, 0.5) is 0 Å². The molecule has 2 aliphatic rings. The lowest BCUT2D eigenvalue weighted by Crippen LogP contribution is -2.44. The molecular weight excluding hydrogens is 422 g/mol. The quantitative estimate of drug-likeness (QED) is 0.451. The molecule has 1 aromatic rings. The van der Waals surface area contributed by atoms with Crippen LogP contribution in [0.25, 0.3) is 0 Å². The van der Waals surface area contributed by atoms with Crippen LogP contribution in [-0.2, 0) is 23.9 Å². The number of hydrogen-bond acceptors (Lipinski definition) is 6. The summed E-state index contributed by atoms with van der Waals surface area (Å²) >= 11 is 0. The first-order valence-corrected chi connectivity index (χ1v) is 11.7. The number of aryl methyl sites for hydroxylation is 1. The minimum absolute atomic E-state index is 0.105. The Morgan fingerprint density at radius 1 is 1.21 bits per heavy atom. The second kappa shape index (κ2) is 12.0. The molecule has 1 fully saturated rings. The molecule has 0 aliphatic carbocycles. The lowest BCUT2D eigenvalue weighted by atomic mass is 9.83. The van der Waals surface area contributed by atoms with E-state index < -0.39 is 5.97 Å². The Morgan fingerprint density at radius 3 is 2.67 bits per heavy atom. The van der Waals surface area contributed by atoms with E-state index in [1.54, 1.807) is 13.8 Å². The van der Waals surface area contributed by atoms with Crippen molar-refractivity contribution in [2.24, 2.45) is 0 Å². The van der Waals surface area contributed by atoms with Gasteiger partial charge in [0.25, 0.3) is 0 Å². The summed E-state index contributed by atoms with van der Waals surface area (Å²) in [7, 11) is 0. The minimum Gasteiger partial charge on any atom is -0.463 e. The zero-order valence-corrected chi connectivity index (χ0v) is 19.9. The first-order valence-electron chi connectivity index (χ1n) is 11.7. The maximum Gasteiger partial charge on any atom is 0.336 e. The Bertz CT molecular complexity index is 892. The molecular formula is C25H35N3O5. The molecule has 2 amide bonds. The molecule has 8 nitrogen and oxygen atoms in total. The van der Waals surface area contributed by atoms with Gasteiger partial charge in [-0.3, -0.25) is 14.5 Å². The Kier molecular flexibility index (Phi) is 9.03. The maximum absolute atomic E-state index is 13.0. The van der Waals surface area contributed by atoms with E-state index in [1.807, 2.05) is 31.2 Å². The summed E-state index contributed by atoms with van der Waals surface area (Å²) in [6.45, 7) is 10.4. The fourth-order valence-corrected chi connectivity index (χ4v) is 4.40. The predicted molar refractivity (Wildman–Crippen MR) is 124 cm³/mol. The average Bonchev–Trinajstić information content (AvgIpc) is 2.80.